The number of aromatic nitrogens is 5. The van der Waals surface area contributed by atoms with E-state index in [1.54, 1.807) is 30.2 Å². The highest BCUT2D eigenvalue weighted by molar-refractivity contribution is 7.99. The lowest BCUT2D eigenvalue weighted by molar-refractivity contribution is 0.0730. The first-order valence-corrected chi connectivity index (χ1v) is 11.6. The van der Waals surface area contributed by atoms with Gasteiger partial charge in [-0.3, -0.25) is 0 Å². The van der Waals surface area contributed by atoms with Crippen LogP contribution in [0.5, 0.6) is 0 Å². The molecule has 3 aromatic rings. The van der Waals surface area contributed by atoms with Crippen LogP contribution in [0.2, 0.25) is 0 Å². The van der Waals surface area contributed by atoms with Crippen molar-refractivity contribution in [3.8, 4) is 0 Å². The van der Waals surface area contributed by atoms with Gasteiger partial charge < -0.3 is 15.0 Å². The molecule has 0 atom stereocenters. The normalized spacial score (nSPS) is 15.7. The van der Waals surface area contributed by atoms with E-state index < -0.39 is 10.0 Å². The molecule has 29 heavy (non-hydrogen) atoms. The Hall–Kier alpha value is -2.28. The first-order chi connectivity index (χ1) is 14.1. The summed E-state index contributed by atoms with van der Waals surface area (Å²) in [6.45, 7) is 2.33. The number of hydrogen-bond donors (Lipinski definition) is 1. The van der Waals surface area contributed by atoms with Crippen molar-refractivity contribution in [1.29, 1.82) is 0 Å². The fraction of sp³-hybridized carbons (Fsp3) is 0.412. The number of nitrogens with two attached hydrogens (primary N) is 1. The van der Waals surface area contributed by atoms with Crippen molar-refractivity contribution in [2.45, 2.75) is 22.9 Å². The van der Waals surface area contributed by atoms with Gasteiger partial charge in [0, 0.05) is 31.6 Å². The van der Waals surface area contributed by atoms with Crippen LogP contribution in [-0.4, -0.2) is 69.3 Å². The first-order valence-electron chi connectivity index (χ1n) is 9.14. The SMILES string of the molecule is Nc1ncnc2c1ncn2CCCSc1ccc(S(=O)(=O)N2CCOCC2)cn1. The molecule has 1 fully saturated rings. The van der Waals surface area contributed by atoms with Gasteiger partial charge in [-0.1, -0.05) is 0 Å². The number of rotatable bonds is 7. The van der Waals surface area contributed by atoms with Crippen LogP contribution in [0.15, 0.2) is 40.9 Å². The van der Waals surface area contributed by atoms with E-state index in [2.05, 4.69) is 19.9 Å². The molecule has 154 valence electrons. The van der Waals surface area contributed by atoms with Crippen LogP contribution < -0.4 is 5.73 Å². The predicted octanol–water partition coefficient (Wildman–Crippen LogP) is 1.01. The Kier molecular flexibility index (Phi) is 5.94. The second-order valence-corrected chi connectivity index (χ2v) is 9.47. The average Bonchev–Trinajstić information content (AvgIpc) is 3.17. The molecule has 3 aromatic heterocycles. The van der Waals surface area contributed by atoms with Crippen molar-refractivity contribution in [1.82, 2.24) is 28.8 Å². The molecule has 1 aliphatic rings. The Morgan fingerprint density at radius 3 is 2.72 bits per heavy atom. The van der Waals surface area contributed by atoms with Gasteiger partial charge in [-0.2, -0.15) is 4.31 Å². The van der Waals surface area contributed by atoms with Crippen molar-refractivity contribution >= 4 is 38.8 Å². The second-order valence-electron chi connectivity index (χ2n) is 6.42. The van der Waals surface area contributed by atoms with Gasteiger partial charge >= 0.3 is 0 Å². The summed E-state index contributed by atoms with van der Waals surface area (Å²) < 4.78 is 33.8. The minimum atomic E-state index is -3.51. The maximum atomic E-state index is 12.6. The van der Waals surface area contributed by atoms with Crippen LogP contribution in [0, 0.1) is 0 Å². The molecule has 0 spiro atoms. The zero-order chi connectivity index (χ0) is 20.3. The number of pyridine rings is 1. The Morgan fingerprint density at radius 2 is 1.97 bits per heavy atom. The van der Waals surface area contributed by atoms with Gasteiger partial charge in [-0.25, -0.2) is 28.4 Å². The summed E-state index contributed by atoms with van der Waals surface area (Å²) in [6.07, 6.45) is 5.44. The quantitative estimate of drug-likeness (QED) is 0.427. The largest absolute Gasteiger partial charge is 0.382 e. The van der Waals surface area contributed by atoms with Crippen molar-refractivity contribution in [2.24, 2.45) is 0 Å². The Morgan fingerprint density at radius 1 is 1.14 bits per heavy atom. The number of thioether (sulfide) groups is 1. The molecule has 0 unspecified atom stereocenters. The van der Waals surface area contributed by atoms with Crippen molar-refractivity contribution in [2.75, 3.05) is 37.8 Å². The zero-order valence-electron chi connectivity index (χ0n) is 15.6. The van der Waals surface area contributed by atoms with E-state index in [4.69, 9.17) is 10.5 Å². The molecule has 0 aliphatic carbocycles. The third kappa shape index (κ3) is 4.34. The van der Waals surface area contributed by atoms with E-state index in [1.807, 2.05) is 4.57 Å². The molecule has 10 nitrogen and oxygen atoms in total. The highest BCUT2D eigenvalue weighted by atomic mass is 32.2. The Balaban J connectivity index is 1.32. The molecule has 0 amide bonds. The van der Waals surface area contributed by atoms with Crippen LogP contribution in [0.4, 0.5) is 5.82 Å². The lowest BCUT2D eigenvalue weighted by Gasteiger charge is -2.25. The molecule has 2 N–H and O–H groups in total. The predicted molar refractivity (Wildman–Crippen MR) is 109 cm³/mol. The molecule has 0 radical (unpaired) electrons. The van der Waals surface area contributed by atoms with Gasteiger partial charge in [0.1, 0.15) is 16.7 Å². The van der Waals surface area contributed by atoms with Crippen LogP contribution in [0.1, 0.15) is 6.42 Å². The van der Waals surface area contributed by atoms with Gasteiger partial charge in [0.25, 0.3) is 0 Å². The maximum Gasteiger partial charge on any atom is 0.244 e. The number of hydrogen-bond acceptors (Lipinski definition) is 9. The second kappa shape index (κ2) is 8.61. The Bertz CT molecular complexity index is 1080. The molecule has 4 heterocycles. The molecule has 12 heteroatoms. The molecular weight excluding hydrogens is 414 g/mol. The summed E-state index contributed by atoms with van der Waals surface area (Å²) in [6, 6.07) is 3.36. The number of sulfonamides is 1. The third-order valence-electron chi connectivity index (χ3n) is 4.54. The van der Waals surface area contributed by atoms with Crippen LogP contribution >= 0.6 is 11.8 Å². The molecule has 1 saturated heterocycles. The summed E-state index contributed by atoms with van der Waals surface area (Å²) in [5, 5.41) is 0.785. The van der Waals surface area contributed by atoms with Gasteiger partial charge in [-0.15, -0.1) is 11.8 Å². The molecule has 1 aliphatic heterocycles. The third-order valence-corrected chi connectivity index (χ3v) is 7.45. The molecule has 0 bridgehead atoms. The number of aryl methyl sites for hydroxylation is 1. The number of anilines is 1. The van der Waals surface area contributed by atoms with Crippen LogP contribution in [-0.2, 0) is 21.3 Å². The molecule has 4 rings (SSSR count). The first kappa shape index (κ1) is 20.0. The monoisotopic (exact) mass is 435 g/mol. The highest BCUT2D eigenvalue weighted by Crippen LogP contribution is 2.21. The minimum Gasteiger partial charge on any atom is -0.382 e. The summed E-state index contributed by atoms with van der Waals surface area (Å²) in [5.41, 5.74) is 7.13. The van der Waals surface area contributed by atoms with Crippen molar-refractivity contribution < 1.29 is 13.2 Å². The summed E-state index contributed by atoms with van der Waals surface area (Å²) >= 11 is 1.58. The smallest absolute Gasteiger partial charge is 0.244 e. The van der Waals surface area contributed by atoms with Gasteiger partial charge in [0.15, 0.2) is 11.5 Å². The number of fused-ring (bicyclic) bond motifs is 1. The van der Waals surface area contributed by atoms with E-state index in [9.17, 15) is 8.42 Å². The van der Waals surface area contributed by atoms with E-state index >= 15 is 0 Å². The van der Waals surface area contributed by atoms with Crippen molar-refractivity contribution in [3.05, 3.63) is 31.0 Å². The zero-order valence-corrected chi connectivity index (χ0v) is 17.3. The van der Waals surface area contributed by atoms with Gasteiger partial charge in [0.2, 0.25) is 10.0 Å². The lowest BCUT2D eigenvalue weighted by atomic mass is 10.4. The van der Waals surface area contributed by atoms with Gasteiger partial charge in [0.05, 0.1) is 24.6 Å². The van der Waals surface area contributed by atoms with Gasteiger partial charge in [-0.05, 0) is 18.6 Å². The van der Waals surface area contributed by atoms with Crippen LogP contribution in [0.3, 0.4) is 0 Å². The minimum absolute atomic E-state index is 0.214. The molecular formula is C17H21N7O3S2. The van der Waals surface area contributed by atoms with Crippen LogP contribution in [0.25, 0.3) is 11.2 Å². The van der Waals surface area contributed by atoms with Crippen molar-refractivity contribution in [3.63, 3.8) is 0 Å². The number of nitrogen functional groups attached to an aromatic ring is 1. The fourth-order valence-corrected chi connectivity index (χ4v) is 5.14. The summed E-state index contributed by atoms with van der Waals surface area (Å²) in [7, 11) is -3.51. The average molecular weight is 436 g/mol. The summed E-state index contributed by atoms with van der Waals surface area (Å²) in [4.78, 5) is 16.9. The maximum absolute atomic E-state index is 12.6. The van der Waals surface area contributed by atoms with E-state index in [0.717, 1.165) is 29.4 Å². The molecule has 0 saturated carbocycles. The standard InChI is InChI=1S/C17H21N7O3S2/c18-16-15-17(21-11-20-16)23(12-22-15)4-1-9-28-14-3-2-13(10-19-14)29(25,26)24-5-7-27-8-6-24/h2-3,10-12H,1,4-9H2,(H2,18,20,21). The molecule has 0 aromatic carbocycles. The van der Waals surface area contributed by atoms with E-state index in [-0.39, 0.29) is 4.90 Å². The fourth-order valence-electron chi connectivity index (χ4n) is 3.01. The van der Waals surface area contributed by atoms with E-state index in [0.29, 0.717) is 37.6 Å². The lowest BCUT2D eigenvalue weighted by Crippen LogP contribution is -2.40. The number of imidazole rings is 1. The topological polar surface area (TPSA) is 129 Å². The Labute approximate surface area is 172 Å². The number of ether oxygens (including phenoxy) is 1. The number of nitrogens with zero attached hydrogens (tertiary/aromatic N) is 6. The number of morpholine rings is 1. The summed E-state index contributed by atoms with van der Waals surface area (Å²) in [5.74, 6) is 1.20. The highest BCUT2D eigenvalue weighted by Gasteiger charge is 2.26. The van der Waals surface area contributed by atoms with E-state index in [1.165, 1.54) is 16.8 Å².